The Bertz CT molecular complexity index is 510. The molecule has 0 saturated carbocycles. The molecule has 0 amide bonds. The lowest BCUT2D eigenvalue weighted by Crippen LogP contribution is -2.20. The summed E-state index contributed by atoms with van der Waals surface area (Å²) in [6.45, 7) is 5.00. The van der Waals surface area contributed by atoms with Crippen LogP contribution in [0, 0.1) is 6.92 Å². The average molecular weight is 281 g/mol. The molecule has 0 spiro atoms. The van der Waals surface area contributed by atoms with E-state index in [2.05, 4.69) is 28.7 Å². The lowest BCUT2D eigenvalue weighted by molar-refractivity contribution is 0.518. The van der Waals surface area contributed by atoms with Crippen LogP contribution in [-0.4, -0.2) is 4.98 Å². The molecular weight excluding hydrogens is 264 g/mol. The molecule has 2 rings (SSSR count). The second-order valence-corrected chi connectivity index (χ2v) is 5.66. The number of aryl methyl sites for hydroxylation is 1. The number of thiazole rings is 1. The molecule has 0 aliphatic rings. The van der Waals surface area contributed by atoms with Gasteiger partial charge in [-0.2, -0.15) is 0 Å². The molecule has 0 bridgehead atoms. The summed E-state index contributed by atoms with van der Waals surface area (Å²) in [5.41, 5.74) is 2.32. The Morgan fingerprint density at radius 2 is 2.28 bits per heavy atom. The molecule has 1 aromatic heterocycles. The van der Waals surface area contributed by atoms with Crippen LogP contribution >= 0.6 is 22.9 Å². The summed E-state index contributed by atoms with van der Waals surface area (Å²) in [6, 6.07) is 8.36. The summed E-state index contributed by atoms with van der Waals surface area (Å²) in [5, 5.41) is 7.53. The molecule has 0 aliphatic heterocycles. The summed E-state index contributed by atoms with van der Waals surface area (Å²) in [7, 11) is 0. The molecule has 0 saturated heterocycles. The molecular formula is C14H17ClN2S. The first-order valence-electron chi connectivity index (χ1n) is 6.09. The van der Waals surface area contributed by atoms with Crippen molar-refractivity contribution < 1.29 is 0 Å². The maximum atomic E-state index is 6.03. The molecule has 4 heteroatoms. The standard InChI is InChI=1S/C14H17ClN2S/c1-3-13(11-5-4-6-12(15)7-11)16-8-14-17-10(2)9-18-14/h4-7,9,13,16H,3,8H2,1-2H3. The van der Waals surface area contributed by atoms with Gasteiger partial charge in [0.2, 0.25) is 0 Å². The van der Waals surface area contributed by atoms with Crippen molar-refractivity contribution in [3.05, 3.63) is 50.9 Å². The molecule has 0 radical (unpaired) electrons. The maximum Gasteiger partial charge on any atom is 0.107 e. The molecule has 1 unspecified atom stereocenters. The third-order valence-corrected chi connectivity index (χ3v) is 4.03. The third kappa shape index (κ3) is 3.55. The summed E-state index contributed by atoms with van der Waals surface area (Å²) in [4.78, 5) is 4.46. The van der Waals surface area contributed by atoms with Crippen LogP contribution in [0.4, 0.5) is 0 Å². The van der Waals surface area contributed by atoms with Crippen molar-refractivity contribution in [3.8, 4) is 0 Å². The van der Waals surface area contributed by atoms with E-state index in [1.54, 1.807) is 11.3 Å². The second kappa shape index (κ2) is 6.32. The van der Waals surface area contributed by atoms with Crippen LogP contribution in [0.5, 0.6) is 0 Å². The number of halogens is 1. The van der Waals surface area contributed by atoms with Gasteiger partial charge in [-0.05, 0) is 31.0 Å². The molecule has 1 heterocycles. The minimum absolute atomic E-state index is 0.327. The minimum atomic E-state index is 0.327. The van der Waals surface area contributed by atoms with Gasteiger partial charge in [-0.25, -0.2) is 4.98 Å². The fraction of sp³-hybridized carbons (Fsp3) is 0.357. The van der Waals surface area contributed by atoms with Crippen molar-refractivity contribution in [3.63, 3.8) is 0 Å². The van der Waals surface area contributed by atoms with Gasteiger partial charge in [0.1, 0.15) is 5.01 Å². The van der Waals surface area contributed by atoms with Crippen molar-refractivity contribution in [2.24, 2.45) is 0 Å². The number of benzene rings is 1. The molecule has 1 atom stereocenters. The third-order valence-electron chi connectivity index (χ3n) is 2.83. The van der Waals surface area contributed by atoms with E-state index in [1.807, 2.05) is 25.1 Å². The molecule has 0 fully saturated rings. The van der Waals surface area contributed by atoms with Gasteiger partial charge in [0, 0.05) is 28.7 Å². The lowest BCUT2D eigenvalue weighted by Gasteiger charge is -2.16. The first kappa shape index (κ1) is 13.5. The van der Waals surface area contributed by atoms with Crippen LogP contribution < -0.4 is 5.32 Å². The van der Waals surface area contributed by atoms with Gasteiger partial charge in [0.05, 0.1) is 0 Å². The van der Waals surface area contributed by atoms with Crippen molar-refractivity contribution in [1.29, 1.82) is 0 Å². The maximum absolute atomic E-state index is 6.03. The van der Waals surface area contributed by atoms with Crippen molar-refractivity contribution in [1.82, 2.24) is 10.3 Å². The molecule has 2 nitrogen and oxygen atoms in total. The number of hydrogen-bond acceptors (Lipinski definition) is 3. The summed E-state index contributed by atoms with van der Waals surface area (Å²) < 4.78 is 0. The highest BCUT2D eigenvalue weighted by atomic mass is 35.5. The Morgan fingerprint density at radius 3 is 2.89 bits per heavy atom. The highest BCUT2D eigenvalue weighted by molar-refractivity contribution is 7.09. The quantitative estimate of drug-likeness (QED) is 0.881. The molecule has 1 aromatic carbocycles. The molecule has 0 aliphatic carbocycles. The first-order chi connectivity index (χ1) is 8.69. The van der Waals surface area contributed by atoms with E-state index in [0.717, 1.165) is 28.7 Å². The van der Waals surface area contributed by atoms with Gasteiger partial charge in [0.15, 0.2) is 0 Å². The van der Waals surface area contributed by atoms with Gasteiger partial charge in [-0.15, -0.1) is 11.3 Å². The Labute approximate surface area is 117 Å². The van der Waals surface area contributed by atoms with Crippen LogP contribution in [0.25, 0.3) is 0 Å². The van der Waals surface area contributed by atoms with Crippen LogP contribution in [-0.2, 0) is 6.54 Å². The van der Waals surface area contributed by atoms with Crippen molar-refractivity contribution in [2.45, 2.75) is 32.9 Å². The van der Waals surface area contributed by atoms with Gasteiger partial charge >= 0.3 is 0 Å². The zero-order chi connectivity index (χ0) is 13.0. The van der Waals surface area contributed by atoms with Crippen LogP contribution in [0.15, 0.2) is 29.6 Å². The van der Waals surface area contributed by atoms with Crippen LogP contribution in [0.1, 0.15) is 35.7 Å². The van der Waals surface area contributed by atoms with E-state index in [-0.39, 0.29) is 0 Å². The Balaban J connectivity index is 2.01. The van der Waals surface area contributed by atoms with Gasteiger partial charge in [0.25, 0.3) is 0 Å². The number of nitrogens with one attached hydrogen (secondary N) is 1. The smallest absolute Gasteiger partial charge is 0.107 e. The zero-order valence-electron chi connectivity index (χ0n) is 10.6. The summed E-state index contributed by atoms with van der Waals surface area (Å²) >= 11 is 7.73. The highest BCUT2D eigenvalue weighted by Gasteiger charge is 2.09. The average Bonchev–Trinajstić information content (AvgIpc) is 2.76. The van der Waals surface area contributed by atoms with Gasteiger partial charge in [-0.3, -0.25) is 0 Å². The molecule has 18 heavy (non-hydrogen) atoms. The Morgan fingerprint density at radius 1 is 1.44 bits per heavy atom. The Kier molecular flexibility index (Phi) is 4.75. The SMILES string of the molecule is CCC(NCc1nc(C)cs1)c1cccc(Cl)c1. The Hall–Kier alpha value is -0.900. The normalized spacial score (nSPS) is 12.6. The van der Waals surface area contributed by atoms with Crippen molar-refractivity contribution >= 4 is 22.9 Å². The number of hydrogen-bond donors (Lipinski definition) is 1. The zero-order valence-corrected chi connectivity index (χ0v) is 12.2. The number of nitrogens with zero attached hydrogens (tertiary/aromatic N) is 1. The molecule has 96 valence electrons. The predicted molar refractivity (Wildman–Crippen MR) is 78.2 cm³/mol. The van der Waals surface area contributed by atoms with E-state index in [1.165, 1.54) is 5.56 Å². The lowest BCUT2D eigenvalue weighted by atomic mass is 10.0. The van der Waals surface area contributed by atoms with E-state index in [0.29, 0.717) is 6.04 Å². The molecule has 1 N–H and O–H groups in total. The van der Waals surface area contributed by atoms with Gasteiger partial charge in [-0.1, -0.05) is 30.7 Å². The predicted octanol–water partition coefficient (Wildman–Crippen LogP) is 4.35. The van der Waals surface area contributed by atoms with Gasteiger partial charge < -0.3 is 5.32 Å². The molecule has 2 aromatic rings. The van der Waals surface area contributed by atoms with E-state index < -0.39 is 0 Å². The fourth-order valence-corrected chi connectivity index (χ4v) is 2.84. The monoisotopic (exact) mass is 280 g/mol. The topological polar surface area (TPSA) is 24.9 Å². The first-order valence-corrected chi connectivity index (χ1v) is 7.34. The fourth-order valence-electron chi connectivity index (χ4n) is 1.92. The number of rotatable bonds is 5. The highest BCUT2D eigenvalue weighted by Crippen LogP contribution is 2.21. The summed E-state index contributed by atoms with van der Waals surface area (Å²) in [6.07, 6.45) is 1.03. The second-order valence-electron chi connectivity index (χ2n) is 4.28. The number of aromatic nitrogens is 1. The summed E-state index contributed by atoms with van der Waals surface area (Å²) in [5.74, 6) is 0. The van der Waals surface area contributed by atoms with Crippen LogP contribution in [0.3, 0.4) is 0 Å². The van der Waals surface area contributed by atoms with E-state index in [9.17, 15) is 0 Å². The van der Waals surface area contributed by atoms with E-state index in [4.69, 9.17) is 11.6 Å². The van der Waals surface area contributed by atoms with Crippen LogP contribution in [0.2, 0.25) is 5.02 Å². The van der Waals surface area contributed by atoms with Crippen molar-refractivity contribution in [2.75, 3.05) is 0 Å². The largest absolute Gasteiger partial charge is 0.304 e. The minimum Gasteiger partial charge on any atom is -0.304 e. The van der Waals surface area contributed by atoms with E-state index >= 15 is 0 Å².